The van der Waals surface area contributed by atoms with Crippen molar-refractivity contribution in [2.45, 2.75) is 33.1 Å². The third-order valence-corrected chi connectivity index (χ3v) is 2.87. The smallest absolute Gasteiger partial charge is 0.303 e. The molecule has 1 N–H and O–H groups in total. The number of hydrogen-bond donors (Lipinski definition) is 1. The molecule has 0 saturated carbocycles. The summed E-state index contributed by atoms with van der Waals surface area (Å²) in [6.07, 6.45) is 1.11. The minimum atomic E-state index is -0.811. The van der Waals surface area contributed by atoms with Gasteiger partial charge in [-0.3, -0.25) is 4.79 Å². The molecule has 100 valence electrons. The van der Waals surface area contributed by atoms with Gasteiger partial charge in [0, 0.05) is 18.4 Å². The highest BCUT2D eigenvalue weighted by atomic mass is 16.4. The number of nitrogens with zero attached hydrogens (tertiary/aromatic N) is 2. The van der Waals surface area contributed by atoms with E-state index in [2.05, 4.69) is 10.2 Å². The van der Waals surface area contributed by atoms with Crippen LogP contribution in [0.4, 0.5) is 0 Å². The lowest BCUT2D eigenvalue weighted by atomic mass is 10.1. The van der Waals surface area contributed by atoms with Crippen LogP contribution in [0, 0.1) is 13.8 Å². The van der Waals surface area contributed by atoms with Crippen LogP contribution in [0.3, 0.4) is 0 Å². The lowest BCUT2D eigenvalue weighted by Gasteiger charge is -2.01. The van der Waals surface area contributed by atoms with Crippen molar-refractivity contribution in [1.29, 1.82) is 0 Å². The maximum absolute atomic E-state index is 10.4. The highest BCUT2D eigenvalue weighted by molar-refractivity contribution is 5.66. The highest BCUT2D eigenvalue weighted by Gasteiger charge is 2.11. The van der Waals surface area contributed by atoms with Crippen molar-refractivity contribution in [2.24, 2.45) is 0 Å². The second-order valence-electron chi connectivity index (χ2n) is 4.57. The first-order valence-corrected chi connectivity index (χ1v) is 6.18. The van der Waals surface area contributed by atoms with Crippen LogP contribution in [0.1, 0.15) is 29.9 Å². The van der Waals surface area contributed by atoms with Gasteiger partial charge < -0.3 is 9.52 Å². The molecule has 1 heterocycles. The van der Waals surface area contributed by atoms with Gasteiger partial charge in [-0.1, -0.05) is 17.7 Å². The van der Waals surface area contributed by atoms with E-state index in [0.29, 0.717) is 24.6 Å². The number of aliphatic carboxylic acids is 1. The zero-order chi connectivity index (χ0) is 13.8. The Morgan fingerprint density at radius 2 is 2.11 bits per heavy atom. The summed E-state index contributed by atoms with van der Waals surface area (Å²) in [5, 5.41) is 16.5. The van der Waals surface area contributed by atoms with Crippen LogP contribution in [0.15, 0.2) is 22.6 Å². The van der Waals surface area contributed by atoms with Crippen LogP contribution in [0.25, 0.3) is 11.5 Å². The molecule has 0 atom stereocenters. The van der Waals surface area contributed by atoms with Gasteiger partial charge >= 0.3 is 5.97 Å². The van der Waals surface area contributed by atoms with Gasteiger partial charge in [0.1, 0.15) is 0 Å². The van der Waals surface area contributed by atoms with E-state index in [1.807, 2.05) is 32.0 Å². The molecule has 0 radical (unpaired) electrons. The Labute approximate surface area is 111 Å². The van der Waals surface area contributed by atoms with Gasteiger partial charge in [0.05, 0.1) is 0 Å². The topological polar surface area (TPSA) is 76.2 Å². The molecule has 0 fully saturated rings. The normalized spacial score (nSPS) is 10.6. The van der Waals surface area contributed by atoms with Gasteiger partial charge in [0.2, 0.25) is 11.8 Å². The fourth-order valence-corrected chi connectivity index (χ4v) is 1.82. The summed E-state index contributed by atoms with van der Waals surface area (Å²) >= 11 is 0. The van der Waals surface area contributed by atoms with Crippen LogP contribution in [0.5, 0.6) is 0 Å². The van der Waals surface area contributed by atoms with E-state index < -0.39 is 5.97 Å². The first-order chi connectivity index (χ1) is 9.06. The standard InChI is InChI=1S/C14H16N2O3/c1-9-6-7-10(2)11(8-9)14-16-15-12(19-14)4-3-5-13(17)18/h6-8H,3-5H2,1-2H3,(H,17,18). The molecule has 0 aliphatic rings. The molecule has 0 unspecified atom stereocenters. The Bertz CT molecular complexity index is 590. The molecule has 2 aromatic rings. The molecule has 1 aromatic carbocycles. The van der Waals surface area contributed by atoms with E-state index in [9.17, 15) is 4.79 Å². The van der Waals surface area contributed by atoms with Gasteiger partial charge in [-0.25, -0.2) is 0 Å². The molecule has 2 rings (SSSR count). The van der Waals surface area contributed by atoms with Crippen molar-refractivity contribution in [1.82, 2.24) is 10.2 Å². The van der Waals surface area contributed by atoms with Crippen molar-refractivity contribution >= 4 is 5.97 Å². The molecule has 5 nitrogen and oxygen atoms in total. The molecule has 19 heavy (non-hydrogen) atoms. The molecule has 0 bridgehead atoms. The molecule has 0 aliphatic carbocycles. The lowest BCUT2D eigenvalue weighted by molar-refractivity contribution is -0.137. The second-order valence-corrected chi connectivity index (χ2v) is 4.57. The van der Waals surface area contributed by atoms with Gasteiger partial charge in [0.25, 0.3) is 0 Å². The third-order valence-electron chi connectivity index (χ3n) is 2.87. The number of hydrogen-bond acceptors (Lipinski definition) is 4. The number of aromatic nitrogens is 2. The van der Waals surface area contributed by atoms with E-state index >= 15 is 0 Å². The van der Waals surface area contributed by atoms with E-state index in [-0.39, 0.29) is 6.42 Å². The fourth-order valence-electron chi connectivity index (χ4n) is 1.82. The quantitative estimate of drug-likeness (QED) is 0.894. The lowest BCUT2D eigenvalue weighted by Crippen LogP contribution is -1.95. The molecular weight excluding hydrogens is 244 g/mol. The number of rotatable bonds is 5. The van der Waals surface area contributed by atoms with Crippen molar-refractivity contribution in [3.05, 3.63) is 35.2 Å². The highest BCUT2D eigenvalue weighted by Crippen LogP contribution is 2.23. The Morgan fingerprint density at radius 3 is 2.84 bits per heavy atom. The predicted octanol–water partition coefficient (Wildman–Crippen LogP) is 2.76. The zero-order valence-corrected chi connectivity index (χ0v) is 11.0. The fraction of sp³-hybridized carbons (Fsp3) is 0.357. The summed E-state index contributed by atoms with van der Waals surface area (Å²) in [6, 6.07) is 6.05. The van der Waals surface area contributed by atoms with Crippen LogP contribution < -0.4 is 0 Å². The number of carboxylic acid groups (broad SMARTS) is 1. The maximum Gasteiger partial charge on any atom is 0.303 e. The monoisotopic (exact) mass is 260 g/mol. The summed E-state index contributed by atoms with van der Waals surface area (Å²) in [7, 11) is 0. The molecule has 0 saturated heterocycles. The number of aryl methyl sites for hydroxylation is 3. The first-order valence-electron chi connectivity index (χ1n) is 6.18. The molecular formula is C14H16N2O3. The van der Waals surface area contributed by atoms with E-state index in [1.165, 1.54) is 0 Å². The summed E-state index contributed by atoms with van der Waals surface area (Å²) in [4.78, 5) is 10.4. The summed E-state index contributed by atoms with van der Waals surface area (Å²) in [5.41, 5.74) is 3.13. The van der Waals surface area contributed by atoms with E-state index in [1.54, 1.807) is 0 Å². The Morgan fingerprint density at radius 1 is 1.32 bits per heavy atom. The van der Waals surface area contributed by atoms with Crippen LogP contribution in [0.2, 0.25) is 0 Å². The number of carboxylic acids is 1. The summed E-state index contributed by atoms with van der Waals surface area (Å²) in [6.45, 7) is 4.00. The van der Waals surface area contributed by atoms with Gasteiger partial charge in [-0.05, 0) is 31.9 Å². The number of carbonyl (C=O) groups is 1. The average Bonchev–Trinajstić information content (AvgIpc) is 2.80. The maximum atomic E-state index is 10.4. The van der Waals surface area contributed by atoms with Gasteiger partial charge in [0.15, 0.2) is 0 Å². The van der Waals surface area contributed by atoms with Gasteiger partial charge in [-0.2, -0.15) is 0 Å². The van der Waals surface area contributed by atoms with E-state index in [0.717, 1.165) is 16.7 Å². The van der Waals surface area contributed by atoms with Crippen LogP contribution >= 0.6 is 0 Å². The molecule has 5 heteroatoms. The Kier molecular flexibility index (Phi) is 3.94. The van der Waals surface area contributed by atoms with Crippen molar-refractivity contribution in [3.8, 4) is 11.5 Å². The van der Waals surface area contributed by atoms with Crippen LogP contribution in [-0.2, 0) is 11.2 Å². The molecule has 0 aliphatic heterocycles. The summed E-state index contributed by atoms with van der Waals surface area (Å²) in [5.74, 6) is 0.165. The average molecular weight is 260 g/mol. The minimum absolute atomic E-state index is 0.112. The van der Waals surface area contributed by atoms with Gasteiger partial charge in [-0.15, -0.1) is 10.2 Å². The predicted molar refractivity (Wildman–Crippen MR) is 69.8 cm³/mol. The summed E-state index contributed by atoms with van der Waals surface area (Å²) < 4.78 is 5.57. The van der Waals surface area contributed by atoms with Crippen molar-refractivity contribution in [2.75, 3.05) is 0 Å². The SMILES string of the molecule is Cc1ccc(C)c(-c2nnc(CCCC(=O)O)o2)c1. The van der Waals surface area contributed by atoms with Crippen LogP contribution in [-0.4, -0.2) is 21.3 Å². The first kappa shape index (κ1) is 13.3. The molecule has 0 amide bonds. The minimum Gasteiger partial charge on any atom is -0.481 e. The Hall–Kier alpha value is -2.17. The molecule has 1 aromatic heterocycles. The Balaban J connectivity index is 2.12. The zero-order valence-electron chi connectivity index (χ0n) is 11.0. The second kappa shape index (κ2) is 5.65. The van der Waals surface area contributed by atoms with Crippen molar-refractivity contribution < 1.29 is 14.3 Å². The third kappa shape index (κ3) is 3.40. The largest absolute Gasteiger partial charge is 0.481 e. The van der Waals surface area contributed by atoms with Crippen molar-refractivity contribution in [3.63, 3.8) is 0 Å². The number of benzene rings is 1. The van der Waals surface area contributed by atoms with E-state index in [4.69, 9.17) is 9.52 Å². The molecule has 0 spiro atoms.